The highest BCUT2D eigenvalue weighted by molar-refractivity contribution is 4.94. The van der Waals surface area contributed by atoms with Crippen LogP contribution in [-0.4, -0.2) is 0 Å². The van der Waals surface area contributed by atoms with Crippen molar-refractivity contribution in [2.75, 3.05) is 0 Å². The summed E-state index contributed by atoms with van der Waals surface area (Å²) < 4.78 is 0. The zero-order valence-electron chi connectivity index (χ0n) is 18.4. The van der Waals surface area contributed by atoms with Crippen molar-refractivity contribution in [3.8, 4) is 0 Å². The van der Waals surface area contributed by atoms with E-state index in [0.29, 0.717) is 5.92 Å². The van der Waals surface area contributed by atoms with Crippen LogP contribution >= 0.6 is 0 Å². The Morgan fingerprint density at radius 3 is 1.60 bits per heavy atom. The second-order valence-corrected chi connectivity index (χ2v) is 10.7. The molecule has 0 aliphatic heterocycles. The van der Waals surface area contributed by atoms with Crippen molar-refractivity contribution in [3.63, 3.8) is 0 Å². The van der Waals surface area contributed by atoms with E-state index in [2.05, 4.69) is 48.5 Å². The molecule has 0 aromatic heterocycles. The van der Waals surface area contributed by atoms with Gasteiger partial charge >= 0.3 is 0 Å². The molecule has 0 aromatic rings. The molecule has 0 spiro atoms. The van der Waals surface area contributed by atoms with Gasteiger partial charge in [0.2, 0.25) is 0 Å². The molecule has 0 N–H and O–H groups in total. The van der Waals surface area contributed by atoms with Gasteiger partial charge in [0.1, 0.15) is 0 Å². The summed E-state index contributed by atoms with van der Waals surface area (Å²) in [6, 6.07) is 0. The van der Waals surface area contributed by atoms with Crippen molar-refractivity contribution in [3.05, 3.63) is 6.92 Å². The monoisotopic (exact) mass is 347 g/mol. The molecule has 2 aliphatic rings. The van der Waals surface area contributed by atoms with Gasteiger partial charge in [-0.3, -0.25) is 0 Å². The third-order valence-corrected chi connectivity index (χ3v) is 8.27. The molecule has 0 nitrogen and oxygen atoms in total. The van der Waals surface area contributed by atoms with Crippen molar-refractivity contribution < 1.29 is 0 Å². The molecule has 2 aliphatic carbocycles. The quantitative estimate of drug-likeness (QED) is 0.458. The van der Waals surface area contributed by atoms with Gasteiger partial charge < -0.3 is 0 Å². The lowest BCUT2D eigenvalue weighted by atomic mass is 9.57. The number of hydrogen-bond donors (Lipinski definition) is 0. The van der Waals surface area contributed by atoms with Crippen LogP contribution in [0.1, 0.15) is 93.4 Å². The van der Waals surface area contributed by atoms with Crippen LogP contribution in [0.15, 0.2) is 0 Å². The van der Waals surface area contributed by atoms with Gasteiger partial charge in [0, 0.05) is 0 Å². The van der Waals surface area contributed by atoms with Crippen molar-refractivity contribution in [1.82, 2.24) is 0 Å². The predicted octanol–water partition coefficient (Wildman–Crippen LogP) is 7.88. The van der Waals surface area contributed by atoms with Crippen LogP contribution in [0, 0.1) is 66.1 Å². The predicted molar refractivity (Wildman–Crippen MR) is 112 cm³/mol. The van der Waals surface area contributed by atoms with E-state index in [4.69, 9.17) is 6.92 Å². The highest BCUT2D eigenvalue weighted by Gasteiger charge is 2.42. The van der Waals surface area contributed by atoms with E-state index in [1.54, 1.807) is 0 Å². The molecule has 0 heteroatoms. The van der Waals surface area contributed by atoms with Crippen molar-refractivity contribution in [1.29, 1.82) is 0 Å². The lowest BCUT2D eigenvalue weighted by Crippen LogP contribution is -2.41. The SMILES string of the molecule is [CH2]C(C1CC(C)CCC1C(C)C)C(CC)C1CC(C)CCC1C(C)C. The van der Waals surface area contributed by atoms with Crippen LogP contribution in [-0.2, 0) is 0 Å². The first-order chi connectivity index (χ1) is 11.8. The van der Waals surface area contributed by atoms with Gasteiger partial charge in [-0.1, -0.05) is 67.7 Å². The van der Waals surface area contributed by atoms with Gasteiger partial charge in [-0.25, -0.2) is 0 Å². The molecule has 0 heterocycles. The average Bonchev–Trinajstić information content (AvgIpc) is 2.54. The number of hydrogen-bond acceptors (Lipinski definition) is 0. The fraction of sp³-hybridized carbons (Fsp3) is 0.960. The fourth-order valence-corrected chi connectivity index (χ4v) is 6.78. The van der Waals surface area contributed by atoms with E-state index in [1.807, 2.05) is 0 Å². The van der Waals surface area contributed by atoms with Gasteiger partial charge in [0.05, 0.1) is 0 Å². The second kappa shape index (κ2) is 9.27. The highest BCUT2D eigenvalue weighted by Crippen LogP contribution is 2.50. The van der Waals surface area contributed by atoms with Gasteiger partial charge in [-0.05, 0) is 91.8 Å². The van der Waals surface area contributed by atoms with E-state index < -0.39 is 0 Å². The summed E-state index contributed by atoms with van der Waals surface area (Å²) in [6.07, 6.45) is 10.0. The molecule has 0 aromatic carbocycles. The lowest BCUT2D eigenvalue weighted by molar-refractivity contribution is 0.0179. The Balaban J connectivity index is 2.21. The first-order valence-electron chi connectivity index (χ1n) is 11.6. The summed E-state index contributed by atoms with van der Waals surface area (Å²) in [6.45, 7) is 22.2. The Bertz CT molecular complexity index is 381. The third kappa shape index (κ3) is 5.04. The van der Waals surface area contributed by atoms with E-state index in [0.717, 1.165) is 53.3 Å². The van der Waals surface area contributed by atoms with Crippen LogP contribution in [0.5, 0.6) is 0 Å². The minimum Gasteiger partial charge on any atom is -0.0651 e. The van der Waals surface area contributed by atoms with Crippen LogP contribution in [0.4, 0.5) is 0 Å². The van der Waals surface area contributed by atoms with Crippen molar-refractivity contribution in [2.45, 2.75) is 93.4 Å². The minimum absolute atomic E-state index is 0.664. The Hall–Kier alpha value is 0. The van der Waals surface area contributed by atoms with E-state index >= 15 is 0 Å². The first-order valence-corrected chi connectivity index (χ1v) is 11.6. The third-order valence-electron chi connectivity index (χ3n) is 8.27. The van der Waals surface area contributed by atoms with E-state index in [-0.39, 0.29) is 0 Å². The summed E-state index contributed by atoms with van der Waals surface area (Å²) in [5.74, 6) is 8.62. The molecular weight excluding hydrogens is 300 g/mol. The summed E-state index contributed by atoms with van der Waals surface area (Å²) in [5, 5.41) is 0. The standard InChI is InChI=1S/C25H47/c1-9-21(25-15-19(7)11-13-23(25)17(4)5)20(8)24-14-18(6)10-12-22(24)16(2)3/h16-25H,8-15H2,1-7H3. The first kappa shape index (κ1) is 21.3. The summed E-state index contributed by atoms with van der Waals surface area (Å²) >= 11 is 0. The normalized spacial score (nSPS) is 39.6. The summed E-state index contributed by atoms with van der Waals surface area (Å²) in [5.41, 5.74) is 0. The molecule has 1 radical (unpaired) electrons. The molecule has 0 saturated heterocycles. The maximum Gasteiger partial charge on any atom is -0.0350 e. The second-order valence-electron chi connectivity index (χ2n) is 10.7. The van der Waals surface area contributed by atoms with E-state index in [9.17, 15) is 0 Å². The van der Waals surface area contributed by atoms with Gasteiger partial charge in [0.15, 0.2) is 0 Å². The smallest absolute Gasteiger partial charge is 0.0350 e. The Morgan fingerprint density at radius 2 is 1.16 bits per heavy atom. The fourth-order valence-electron chi connectivity index (χ4n) is 6.78. The summed E-state index contributed by atoms with van der Waals surface area (Å²) in [4.78, 5) is 0. The van der Waals surface area contributed by atoms with Gasteiger partial charge in [-0.2, -0.15) is 0 Å². The molecule has 8 unspecified atom stereocenters. The molecule has 147 valence electrons. The molecule has 2 rings (SSSR count). The maximum absolute atomic E-state index is 4.89. The van der Waals surface area contributed by atoms with Crippen LogP contribution in [0.25, 0.3) is 0 Å². The lowest BCUT2D eigenvalue weighted by Gasteiger charge is -2.48. The van der Waals surface area contributed by atoms with E-state index in [1.165, 1.54) is 44.9 Å². The highest BCUT2D eigenvalue weighted by atomic mass is 14.5. The Labute approximate surface area is 159 Å². The minimum atomic E-state index is 0.664. The maximum atomic E-state index is 4.89. The van der Waals surface area contributed by atoms with Gasteiger partial charge in [-0.15, -0.1) is 0 Å². The van der Waals surface area contributed by atoms with Crippen LogP contribution in [0.3, 0.4) is 0 Å². The molecule has 2 fully saturated rings. The zero-order chi connectivity index (χ0) is 18.7. The molecule has 8 atom stereocenters. The number of rotatable bonds is 6. The van der Waals surface area contributed by atoms with Crippen molar-refractivity contribution >= 4 is 0 Å². The average molecular weight is 348 g/mol. The topological polar surface area (TPSA) is 0 Å². The molecule has 0 amide bonds. The Kier molecular flexibility index (Phi) is 7.90. The molecular formula is C25H47. The zero-order valence-corrected chi connectivity index (χ0v) is 18.4. The largest absolute Gasteiger partial charge is 0.0651 e. The van der Waals surface area contributed by atoms with Crippen LogP contribution < -0.4 is 0 Å². The molecule has 25 heavy (non-hydrogen) atoms. The molecule has 0 bridgehead atoms. The van der Waals surface area contributed by atoms with Gasteiger partial charge in [0.25, 0.3) is 0 Å². The van der Waals surface area contributed by atoms with Crippen LogP contribution in [0.2, 0.25) is 0 Å². The Morgan fingerprint density at radius 1 is 0.720 bits per heavy atom. The summed E-state index contributed by atoms with van der Waals surface area (Å²) in [7, 11) is 0. The molecule has 2 saturated carbocycles. The van der Waals surface area contributed by atoms with Crippen molar-refractivity contribution in [2.24, 2.45) is 59.2 Å².